The Morgan fingerprint density at radius 2 is 1.65 bits per heavy atom. The van der Waals surface area contributed by atoms with Gasteiger partial charge in [0.05, 0.1) is 47.8 Å². The van der Waals surface area contributed by atoms with Crippen LogP contribution in [0.25, 0.3) is 0 Å². The van der Waals surface area contributed by atoms with Crippen molar-refractivity contribution in [2.75, 3.05) is 41.7 Å². The predicted octanol–water partition coefficient (Wildman–Crippen LogP) is 7.00. The summed E-state index contributed by atoms with van der Waals surface area (Å²) >= 11 is 6.00. The SMILES string of the molecule is CCCOc1c(C/C=C/N(O)C(=O)c2cccc(Cl)c2)cc(C2COC(c3cc(OC)c(OC)c(OC)c3)C2)cc1OC. The maximum Gasteiger partial charge on any atom is 0.281 e. The van der Waals surface area contributed by atoms with Gasteiger partial charge in [0.1, 0.15) is 0 Å². The first-order valence-electron chi connectivity index (χ1n) is 14.0. The van der Waals surface area contributed by atoms with Crippen molar-refractivity contribution in [3.63, 3.8) is 0 Å². The van der Waals surface area contributed by atoms with Crippen LogP contribution in [0.4, 0.5) is 0 Å². The Hall–Kier alpha value is -3.92. The average Bonchev–Trinajstić information content (AvgIpc) is 3.53. The van der Waals surface area contributed by atoms with Crippen molar-refractivity contribution in [3.05, 3.63) is 88.1 Å². The number of halogens is 1. The molecule has 3 aromatic carbocycles. The van der Waals surface area contributed by atoms with E-state index in [0.29, 0.717) is 58.5 Å². The van der Waals surface area contributed by atoms with Crippen molar-refractivity contribution in [2.24, 2.45) is 0 Å². The lowest BCUT2D eigenvalue weighted by Crippen LogP contribution is -2.21. The fourth-order valence-corrected chi connectivity index (χ4v) is 5.26. The van der Waals surface area contributed by atoms with Crippen LogP contribution in [-0.4, -0.2) is 57.8 Å². The lowest BCUT2D eigenvalue weighted by atomic mass is 9.91. The highest BCUT2D eigenvalue weighted by Gasteiger charge is 2.31. The number of allylic oxidation sites excluding steroid dienone is 1. The number of amides is 1. The Labute approximate surface area is 257 Å². The summed E-state index contributed by atoms with van der Waals surface area (Å²) in [6, 6.07) is 14.3. The molecular weight excluding hydrogens is 574 g/mol. The molecule has 1 fully saturated rings. The van der Waals surface area contributed by atoms with Gasteiger partial charge in [-0.25, -0.2) is 0 Å². The highest BCUT2D eigenvalue weighted by atomic mass is 35.5. The van der Waals surface area contributed by atoms with E-state index in [1.165, 1.54) is 12.3 Å². The maximum atomic E-state index is 12.6. The predicted molar refractivity (Wildman–Crippen MR) is 163 cm³/mol. The second kappa shape index (κ2) is 15.0. The molecule has 1 aliphatic rings. The van der Waals surface area contributed by atoms with Crippen molar-refractivity contribution in [1.29, 1.82) is 0 Å². The second-order valence-electron chi connectivity index (χ2n) is 10.0. The number of ether oxygens (including phenoxy) is 6. The van der Waals surface area contributed by atoms with Gasteiger partial charge in [-0.3, -0.25) is 10.0 Å². The van der Waals surface area contributed by atoms with Crippen molar-refractivity contribution in [2.45, 2.75) is 38.2 Å². The summed E-state index contributed by atoms with van der Waals surface area (Å²) in [5.74, 6) is 2.41. The fourth-order valence-electron chi connectivity index (χ4n) is 5.07. The topological polar surface area (TPSA) is 95.9 Å². The molecule has 0 aliphatic carbocycles. The lowest BCUT2D eigenvalue weighted by molar-refractivity contribution is -0.0204. The molecule has 0 radical (unpaired) electrons. The van der Waals surface area contributed by atoms with Gasteiger partial charge in [-0.1, -0.05) is 36.7 Å². The van der Waals surface area contributed by atoms with Crippen LogP contribution < -0.4 is 23.7 Å². The first-order chi connectivity index (χ1) is 20.8. The minimum Gasteiger partial charge on any atom is -0.493 e. The van der Waals surface area contributed by atoms with Crippen molar-refractivity contribution >= 4 is 17.5 Å². The van der Waals surface area contributed by atoms with E-state index >= 15 is 0 Å². The Balaban J connectivity index is 1.57. The first-order valence-corrected chi connectivity index (χ1v) is 14.4. The van der Waals surface area contributed by atoms with Crippen LogP contribution in [0.3, 0.4) is 0 Å². The summed E-state index contributed by atoms with van der Waals surface area (Å²) in [6.45, 7) is 3.06. The number of hydrogen-bond donors (Lipinski definition) is 1. The van der Waals surface area contributed by atoms with Gasteiger partial charge in [-0.05, 0) is 66.8 Å². The zero-order valence-corrected chi connectivity index (χ0v) is 25.8. The van der Waals surface area contributed by atoms with Gasteiger partial charge in [0, 0.05) is 28.3 Å². The lowest BCUT2D eigenvalue weighted by Gasteiger charge is -2.19. The van der Waals surface area contributed by atoms with Crippen molar-refractivity contribution < 1.29 is 38.4 Å². The Morgan fingerprint density at radius 3 is 2.28 bits per heavy atom. The third kappa shape index (κ3) is 7.54. The molecule has 1 heterocycles. The van der Waals surface area contributed by atoms with Crippen LogP contribution >= 0.6 is 11.6 Å². The fraction of sp³-hybridized carbons (Fsp3) is 0.364. The summed E-state index contributed by atoms with van der Waals surface area (Å²) in [5, 5.41) is 11.3. The van der Waals surface area contributed by atoms with Crippen LogP contribution in [0, 0.1) is 0 Å². The molecule has 230 valence electrons. The van der Waals surface area contributed by atoms with E-state index in [1.807, 2.05) is 25.1 Å². The molecule has 2 atom stereocenters. The summed E-state index contributed by atoms with van der Waals surface area (Å²) in [7, 11) is 6.37. The van der Waals surface area contributed by atoms with E-state index in [9.17, 15) is 10.0 Å². The zero-order chi connectivity index (χ0) is 30.9. The van der Waals surface area contributed by atoms with Gasteiger partial charge in [0.15, 0.2) is 23.0 Å². The summed E-state index contributed by atoms with van der Waals surface area (Å²) < 4.78 is 34.6. The molecule has 43 heavy (non-hydrogen) atoms. The quantitative estimate of drug-likeness (QED) is 0.163. The number of hydroxylamine groups is 2. The maximum absolute atomic E-state index is 12.6. The van der Waals surface area contributed by atoms with Crippen molar-refractivity contribution in [3.8, 4) is 28.7 Å². The number of nitrogens with zero attached hydrogens (tertiary/aromatic N) is 1. The molecule has 0 spiro atoms. The Kier molecular flexibility index (Phi) is 11.2. The largest absolute Gasteiger partial charge is 0.493 e. The molecule has 10 heteroatoms. The smallest absolute Gasteiger partial charge is 0.281 e. The van der Waals surface area contributed by atoms with E-state index in [-0.39, 0.29) is 17.6 Å². The van der Waals surface area contributed by atoms with E-state index in [2.05, 4.69) is 6.07 Å². The van der Waals surface area contributed by atoms with Crippen LogP contribution in [0.15, 0.2) is 60.8 Å². The highest BCUT2D eigenvalue weighted by molar-refractivity contribution is 6.30. The number of carbonyl (C=O) groups excluding carboxylic acids is 1. The average molecular weight is 612 g/mol. The molecule has 4 rings (SSSR count). The third-order valence-electron chi connectivity index (χ3n) is 7.22. The van der Waals surface area contributed by atoms with E-state index in [0.717, 1.165) is 29.5 Å². The summed E-state index contributed by atoms with van der Waals surface area (Å²) in [6.07, 6.45) is 4.78. The van der Waals surface area contributed by atoms with E-state index < -0.39 is 5.91 Å². The molecule has 2 unspecified atom stereocenters. The minimum atomic E-state index is -0.589. The molecule has 1 saturated heterocycles. The molecular formula is C33H38ClNO8. The number of benzene rings is 3. The number of carbonyl (C=O) groups is 1. The standard InChI is InChI=1S/C33H38ClNO8/c1-6-13-42-31-21(10-8-12-35(37)33(36)22-9-7-11-26(34)15-22)14-23(16-28(31)38-2)25-19-27(43-20-25)24-17-29(39-3)32(41-5)30(18-24)40-4/h7-9,11-12,14-18,25,27,37H,6,10,13,19-20H2,1-5H3/b12-8+. The van der Waals surface area contributed by atoms with Crippen LogP contribution in [0.1, 0.15) is 58.8 Å². The molecule has 9 nitrogen and oxygen atoms in total. The van der Waals surface area contributed by atoms with Crippen LogP contribution in [-0.2, 0) is 11.2 Å². The van der Waals surface area contributed by atoms with Gasteiger partial charge in [-0.15, -0.1) is 0 Å². The van der Waals surface area contributed by atoms with Gasteiger partial charge < -0.3 is 28.4 Å². The second-order valence-corrected chi connectivity index (χ2v) is 10.5. The van der Waals surface area contributed by atoms with Gasteiger partial charge in [0.2, 0.25) is 5.75 Å². The Morgan fingerprint density at radius 1 is 0.977 bits per heavy atom. The van der Waals surface area contributed by atoms with Gasteiger partial charge in [-0.2, -0.15) is 5.06 Å². The monoisotopic (exact) mass is 611 g/mol. The molecule has 3 aromatic rings. The molecule has 0 aromatic heterocycles. The normalized spacial score (nSPS) is 16.3. The number of rotatable bonds is 13. The minimum absolute atomic E-state index is 0.0830. The number of hydrogen-bond acceptors (Lipinski definition) is 8. The molecule has 1 amide bonds. The number of methoxy groups -OCH3 is 4. The Bertz CT molecular complexity index is 1420. The van der Waals surface area contributed by atoms with Gasteiger partial charge in [0.25, 0.3) is 5.91 Å². The van der Waals surface area contributed by atoms with Crippen LogP contribution in [0.5, 0.6) is 28.7 Å². The highest BCUT2D eigenvalue weighted by Crippen LogP contribution is 2.46. The van der Waals surface area contributed by atoms with Crippen LogP contribution in [0.2, 0.25) is 5.02 Å². The first kappa shape index (κ1) is 32.0. The molecule has 1 aliphatic heterocycles. The zero-order valence-electron chi connectivity index (χ0n) is 25.1. The van der Waals surface area contributed by atoms with E-state index in [4.69, 9.17) is 40.0 Å². The summed E-state index contributed by atoms with van der Waals surface area (Å²) in [5.41, 5.74) is 3.11. The molecule has 0 bridgehead atoms. The van der Waals surface area contributed by atoms with Crippen molar-refractivity contribution in [1.82, 2.24) is 5.06 Å². The summed E-state index contributed by atoms with van der Waals surface area (Å²) in [4.78, 5) is 12.6. The van der Waals surface area contributed by atoms with E-state index in [1.54, 1.807) is 52.7 Å². The molecule has 1 N–H and O–H groups in total. The van der Waals surface area contributed by atoms with Gasteiger partial charge >= 0.3 is 0 Å². The molecule has 0 saturated carbocycles. The third-order valence-corrected chi connectivity index (χ3v) is 7.45.